The van der Waals surface area contributed by atoms with E-state index in [9.17, 15) is 4.79 Å². The highest BCUT2D eigenvalue weighted by atomic mass is 19.1. The van der Waals surface area contributed by atoms with Crippen molar-refractivity contribution in [2.45, 2.75) is 37.6 Å². The number of nitrogens with two attached hydrogens (primary N) is 1. The van der Waals surface area contributed by atoms with Gasteiger partial charge in [-0.1, -0.05) is 18.2 Å². The molecule has 2 fully saturated rings. The predicted octanol–water partition coefficient (Wildman–Crippen LogP) is 3.99. The number of nitrogens with zero attached hydrogens (tertiary/aromatic N) is 4. The van der Waals surface area contributed by atoms with E-state index < -0.39 is 0 Å². The molecule has 0 spiro atoms. The second-order valence-electron chi connectivity index (χ2n) is 8.65. The van der Waals surface area contributed by atoms with Crippen molar-refractivity contribution in [3.63, 3.8) is 0 Å². The summed E-state index contributed by atoms with van der Waals surface area (Å²) in [5.41, 5.74) is 9.47. The summed E-state index contributed by atoms with van der Waals surface area (Å²) >= 11 is 0. The molecule has 5 rings (SSSR count). The Kier molecular flexibility index (Phi) is 5.24. The minimum atomic E-state index is -0.369. The zero-order valence-corrected chi connectivity index (χ0v) is 17.7. The molecule has 0 bridgehead atoms. The average molecular weight is 429 g/mol. The molecule has 0 unspecified atom stereocenters. The van der Waals surface area contributed by atoms with Crippen LogP contribution in [-0.2, 0) is 0 Å². The number of amides is 1. The van der Waals surface area contributed by atoms with E-state index in [1.807, 2.05) is 6.07 Å². The summed E-state index contributed by atoms with van der Waals surface area (Å²) in [7, 11) is 0. The maximum atomic E-state index is 15.1. The van der Waals surface area contributed by atoms with Gasteiger partial charge >= 0.3 is 0 Å². The summed E-state index contributed by atoms with van der Waals surface area (Å²) < 4.78 is 16.6. The summed E-state index contributed by atoms with van der Waals surface area (Å²) in [5, 5.41) is 13.6. The highest BCUT2D eigenvalue weighted by Gasteiger charge is 2.27. The van der Waals surface area contributed by atoms with Crippen molar-refractivity contribution in [1.29, 1.82) is 5.26 Å². The number of carbonyl (C=O) groups is 1. The maximum absolute atomic E-state index is 15.1. The molecule has 3 aromatic rings. The summed E-state index contributed by atoms with van der Waals surface area (Å²) in [4.78, 5) is 14.9. The number of carbonyl (C=O) groups excluding carboxylic acids is 1. The number of hydrogen-bond donors (Lipinski definition) is 1. The van der Waals surface area contributed by atoms with E-state index >= 15 is 4.39 Å². The number of hydrogen-bond acceptors (Lipinski definition) is 4. The van der Waals surface area contributed by atoms with Crippen LogP contribution in [0, 0.1) is 17.1 Å². The lowest BCUT2D eigenvalue weighted by molar-refractivity contribution is 0.0702. The second kappa shape index (κ2) is 8.21. The maximum Gasteiger partial charge on any atom is 0.274 e. The van der Waals surface area contributed by atoms with Gasteiger partial charge in [0.2, 0.25) is 0 Å². The van der Waals surface area contributed by atoms with Crippen molar-refractivity contribution in [2.24, 2.45) is 5.73 Å². The molecule has 2 aliphatic rings. The van der Waals surface area contributed by atoms with Crippen molar-refractivity contribution >= 4 is 5.91 Å². The van der Waals surface area contributed by atoms with Crippen molar-refractivity contribution in [3.8, 4) is 23.0 Å². The SMILES string of the molecule is N#Cc1ccc(-c2cc(C(=O)N3CCC[C@@H](N)C3)nn2-c2ccc(C3CC3)cc2F)cc1. The molecular weight excluding hydrogens is 405 g/mol. The first-order chi connectivity index (χ1) is 15.5. The van der Waals surface area contributed by atoms with E-state index in [0.29, 0.717) is 36.0 Å². The quantitative estimate of drug-likeness (QED) is 0.679. The molecule has 1 saturated carbocycles. The lowest BCUT2D eigenvalue weighted by atomic mass is 10.1. The molecule has 162 valence electrons. The van der Waals surface area contributed by atoms with Crippen LogP contribution in [0.1, 0.15) is 53.2 Å². The molecule has 2 N–H and O–H groups in total. The summed E-state index contributed by atoms with van der Waals surface area (Å²) in [6, 6.07) is 16.0. The summed E-state index contributed by atoms with van der Waals surface area (Å²) in [6.45, 7) is 1.12. The van der Waals surface area contributed by atoms with E-state index in [4.69, 9.17) is 11.0 Å². The number of benzene rings is 2. The molecule has 0 radical (unpaired) electrons. The molecule has 1 aliphatic heterocycles. The van der Waals surface area contributed by atoms with Crippen LogP contribution in [0.25, 0.3) is 16.9 Å². The number of aromatic nitrogens is 2. The van der Waals surface area contributed by atoms with Crippen molar-refractivity contribution in [3.05, 3.63) is 71.2 Å². The molecule has 1 saturated heterocycles. The first kappa shape index (κ1) is 20.4. The molecule has 2 aromatic carbocycles. The summed E-state index contributed by atoms with van der Waals surface area (Å²) in [6.07, 6.45) is 3.93. The lowest BCUT2D eigenvalue weighted by Crippen LogP contribution is -2.45. The fourth-order valence-corrected chi connectivity index (χ4v) is 4.31. The van der Waals surface area contributed by atoms with Gasteiger partial charge in [-0.05, 0) is 67.5 Å². The average Bonchev–Trinajstić information content (AvgIpc) is 3.57. The molecule has 1 aliphatic carbocycles. The van der Waals surface area contributed by atoms with Crippen LogP contribution in [0.5, 0.6) is 0 Å². The lowest BCUT2D eigenvalue weighted by Gasteiger charge is -2.30. The zero-order chi connectivity index (χ0) is 22.2. The van der Waals surface area contributed by atoms with Gasteiger partial charge < -0.3 is 10.6 Å². The summed E-state index contributed by atoms with van der Waals surface area (Å²) in [5.74, 6) is -0.134. The van der Waals surface area contributed by atoms with Crippen LogP contribution in [0.2, 0.25) is 0 Å². The number of halogens is 1. The van der Waals surface area contributed by atoms with Crippen LogP contribution in [-0.4, -0.2) is 39.7 Å². The Labute approximate surface area is 186 Å². The third-order valence-electron chi connectivity index (χ3n) is 6.23. The van der Waals surface area contributed by atoms with Crippen LogP contribution >= 0.6 is 0 Å². The minimum absolute atomic E-state index is 0.0415. The second-order valence-corrected chi connectivity index (χ2v) is 8.65. The Hall–Kier alpha value is -3.50. The van der Waals surface area contributed by atoms with Gasteiger partial charge in [-0.25, -0.2) is 9.07 Å². The van der Waals surface area contributed by atoms with Crippen molar-refractivity contribution in [1.82, 2.24) is 14.7 Å². The topological polar surface area (TPSA) is 87.9 Å². The largest absolute Gasteiger partial charge is 0.336 e. The third-order valence-corrected chi connectivity index (χ3v) is 6.23. The molecule has 7 heteroatoms. The Morgan fingerprint density at radius 2 is 1.91 bits per heavy atom. The van der Waals surface area contributed by atoms with E-state index in [0.717, 1.165) is 36.8 Å². The monoisotopic (exact) mass is 429 g/mol. The van der Waals surface area contributed by atoms with Crippen LogP contribution in [0.4, 0.5) is 4.39 Å². The van der Waals surface area contributed by atoms with Gasteiger partial charge in [0.1, 0.15) is 11.5 Å². The fraction of sp³-hybridized carbons (Fsp3) is 0.320. The molecule has 1 atom stereocenters. The minimum Gasteiger partial charge on any atom is -0.336 e. The van der Waals surface area contributed by atoms with Gasteiger partial charge in [-0.2, -0.15) is 10.4 Å². The van der Waals surface area contributed by atoms with Crippen molar-refractivity contribution in [2.75, 3.05) is 13.1 Å². The van der Waals surface area contributed by atoms with Gasteiger partial charge in [0, 0.05) is 24.7 Å². The van der Waals surface area contributed by atoms with E-state index in [2.05, 4.69) is 11.2 Å². The Morgan fingerprint density at radius 3 is 2.56 bits per heavy atom. The van der Waals surface area contributed by atoms with E-state index in [-0.39, 0.29) is 23.5 Å². The molecule has 2 heterocycles. The van der Waals surface area contributed by atoms with Crippen LogP contribution in [0.15, 0.2) is 48.5 Å². The van der Waals surface area contributed by atoms with E-state index in [1.54, 1.807) is 47.4 Å². The molecule has 1 aromatic heterocycles. The van der Waals surface area contributed by atoms with Crippen LogP contribution in [0.3, 0.4) is 0 Å². The number of nitriles is 1. The predicted molar refractivity (Wildman–Crippen MR) is 119 cm³/mol. The fourth-order valence-electron chi connectivity index (χ4n) is 4.31. The highest BCUT2D eigenvalue weighted by Crippen LogP contribution is 2.41. The Bertz CT molecular complexity index is 1210. The van der Waals surface area contributed by atoms with Gasteiger partial charge in [-0.3, -0.25) is 4.79 Å². The van der Waals surface area contributed by atoms with Crippen LogP contribution < -0.4 is 5.73 Å². The first-order valence-electron chi connectivity index (χ1n) is 11.0. The molecule has 1 amide bonds. The van der Waals surface area contributed by atoms with E-state index in [1.165, 1.54) is 4.68 Å². The van der Waals surface area contributed by atoms with Gasteiger partial charge in [-0.15, -0.1) is 0 Å². The number of piperidine rings is 1. The molecule has 6 nitrogen and oxygen atoms in total. The standard InChI is InChI=1S/C25H24FN5O/c26-21-12-19(17-7-8-17)9-10-23(21)31-24(18-5-3-16(14-27)4-6-18)13-22(29-31)25(32)30-11-1-2-20(28)15-30/h3-6,9-10,12-13,17,20H,1-2,7-8,11,15,28H2/t20-/m1/s1. The normalized spacial score (nSPS) is 18.4. The third kappa shape index (κ3) is 3.90. The van der Waals surface area contributed by atoms with Gasteiger partial charge in [0.05, 0.1) is 17.3 Å². The smallest absolute Gasteiger partial charge is 0.274 e. The highest BCUT2D eigenvalue weighted by molar-refractivity contribution is 5.93. The first-order valence-corrected chi connectivity index (χ1v) is 11.0. The Morgan fingerprint density at radius 1 is 1.12 bits per heavy atom. The van der Waals surface area contributed by atoms with Crippen molar-refractivity contribution < 1.29 is 9.18 Å². The molecule has 32 heavy (non-hydrogen) atoms. The number of likely N-dealkylation sites (tertiary alicyclic amines) is 1. The van der Waals surface area contributed by atoms with Gasteiger partial charge in [0.15, 0.2) is 5.69 Å². The Balaban J connectivity index is 1.57. The number of rotatable bonds is 4. The zero-order valence-electron chi connectivity index (χ0n) is 17.7. The molecular formula is C25H24FN5O. The van der Waals surface area contributed by atoms with Gasteiger partial charge in [0.25, 0.3) is 5.91 Å².